The van der Waals surface area contributed by atoms with Gasteiger partial charge in [0.25, 0.3) is 0 Å². The molecular formula is C23H37FIN5O. The molecule has 0 unspecified atom stereocenters. The van der Waals surface area contributed by atoms with Crippen molar-refractivity contribution in [3.8, 4) is 0 Å². The van der Waals surface area contributed by atoms with E-state index in [9.17, 15) is 9.18 Å². The molecule has 0 bridgehead atoms. The number of carbonyl (C=O) groups excluding carboxylic acids is 1. The van der Waals surface area contributed by atoms with Crippen molar-refractivity contribution in [2.75, 3.05) is 45.8 Å². The van der Waals surface area contributed by atoms with Crippen molar-refractivity contribution < 1.29 is 9.18 Å². The number of benzene rings is 1. The molecule has 1 heterocycles. The second kappa shape index (κ2) is 13.2. The fraction of sp³-hybridized carbons (Fsp3) is 0.652. The molecule has 6 nitrogen and oxygen atoms in total. The van der Waals surface area contributed by atoms with Crippen molar-refractivity contribution in [3.05, 3.63) is 35.1 Å². The van der Waals surface area contributed by atoms with E-state index in [1.807, 2.05) is 13.0 Å². The number of aryl methyl sites for hydroxylation is 1. The molecule has 174 valence electrons. The monoisotopic (exact) mass is 545 g/mol. The molecule has 1 aliphatic carbocycles. The Kier molecular flexibility index (Phi) is 11.0. The summed E-state index contributed by atoms with van der Waals surface area (Å²) in [4.78, 5) is 21.6. The number of halogens is 2. The Balaban J connectivity index is 0.00000341. The van der Waals surface area contributed by atoms with Crippen LogP contribution in [0.3, 0.4) is 0 Å². The summed E-state index contributed by atoms with van der Waals surface area (Å²) in [5.41, 5.74) is 1.51. The molecule has 2 fully saturated rings. The van der Waals surface area contributed by atoms with Gasteiger partial charge in [-0.3, -0.25) is 9.69 Å². The van der Waals surface area contributed by atoms with Crippen LogP contribution in [0.2, 0.25) is 0 Å². The zero-order valence-corrected chi connectivity index (χ0v) is 21.2. The van der Waals surface area contributed by atoms with Gasteiger partial charge in [0.05, 0.1) is 6.54 Å². The molecule has 1 aromatic carbocycles. The smallest absolute Gasteiger partial charge is 0.225 e. The minimum absolute atomic E-state index is 0. The summed E-state index contributed by atoms with van der Waals surface area (Å²) in [6.07, 6.45) is 4.56. The van der Waals surface area contributed by atoms with Gasteiger partial charge >= 0.3 is 0 Å². The first-order valence-electron chi connectivity index (χ1n) is 11.3. The van der Waals surface area contributed by atoms with Crippen molar-refractivity contribution in [2.24, 2.45) is 10.9 Å². The lowest BCUT2D eigenvalue weighted by atomic mass is 10.1. The highest BCUT2D eigenvalue weighted by Gasteiger charge is 2.29. The van der Waals surface area contributed by atoms with Crippen LogP contribution in [0.5, 0.6) is 0 Å². The molecule has 1 aliphatic heterocycles. The molecule has 1 aromatic rings. The maximum absolute atomic E-state index is 13.7. The molecule has 1 saturated heterocycles. The van der Waals surface area contributed by atoms with Gasteiger partial charge in [-0.25, -0.2) is 9.38 Å². The van der Waals surface area contributed by atoms with Gasteiger partial charge in [-0.1, -0.05) is 25.0 Å². The Morgan fingerprint density at radius 3 is 2.52 bits per heavy atom. The standard InChI is InChI=1S/C23H36FN5O.HI/c1-3-25-23(27-17-19-9-8-18(2)21(24)16-19)26-10-11-28-12-14-29(15-13-28)22(30)20-6-4-5-7-20;/h8-9,16,20H,3-7,10-15,17H2,1-2H3,(H2,25,26,27);1H. The van der Waals surface area contributed by atoms with Gasteiger partial charge < -0.3 is 15.5 Å². The Hall–Kier alpha value is -1.42. The first kappa shape index (κ1) is 25.8. The van der Waals surface area contributed by atoms with E-state index < -0.39 is 0 Å². The molecule has 0 aromatic heterocycles. The summed E-state index contributed by atoms with van der Waals surface area (Å²) in [5, 5.41) is 6.61. The summed E-state index contributed by atoms with van der Waals surface area (Å²) >= 11 is 0. The number of nitrogens with zero attached hydrogens (tertiary/aromatic N) is 3. The second-order valence-electron chi connectivity index (χ2n) is 8.35. The molecule has 2 N–H and O–H groups in total. The summed E-state index contributed by atoms with van der Waals surface area (Å²) in [6.45, 7) is 10.2. The highest BCUT2D eigenvalue weighted by Crippen LogP contribution is 2.26. The van der Waals surface area contributed by atoms with Crippen LogP contribution in [-0.4, -0.2) is 67.5 Å². The van der Waals surface area contributed by atoms with Crippen LogP contribution in [0, 0.1) is 18.7 Å². The number of hydrogen-bond donors (Lipinski definition) is 2. The van der Waals surface area contributed by atoms with Crippen molar-refractivity contribution in [1.29, 1.82) is 0 Å². The van der Waals surface area contributed by atoms with Gasteiger partial charge in [0.15, 0.2) is 5.96 Å². The zero-order chi connectivity index (χ0) is 21.3. The molecular weight excluding hydrogens is 508 g/mol. The third-order valence-corrected chi connectivity index (χ3v) is 6.11. The molecule has 0 spiro atoms. The van der Waals surface area contributed by atoms with E-state index in [1.54, 1.807) is 19.1 Å². The maximum Gasteiger partial charge on any atom is 0.225 e. The number of nitrogens with one attached hydrogen (secondary N) is 2. The van der Waals surface area contributed by atoms with Crippen molar-refractivity contribution in [3.63, 3.8) is 0 Å². The molecule has 0 radical (unpaired) electrons. The first-order valence-corrected chi connectivity index (χ1v) is 11.3. The third-order valence-electron chi connectivity index (χ3n) is 6.11. The maximum atomic E-state index is 13.7. The lowest BCUT2D eigenvalue weighted by Crippen LogP contribution is -2.51. The Morgan fingerprint density at radius 1 is 1.16 bits per heavy atom. The minimum Gasteiger partial charge on any atom is -0.357 e. The van der Waals surface area contributed by atoms with Gasteiger partial charge in [0.2, 0.25) is 5.91 Å². The van der Waals surface area contributed by atoms with Crippen LogP contribution in [0.25, 0.3) is 0 Å². The van der Waals surface area contributed by atoms with Gasteiger partial charge in [-0.05, 0) is 43.9 Å². The van der Waals surface area contributed by atoms with E-state index >= 15 is 0 Å². The van der Waals surface area contributed by atoms with E-state index in [1.165, 1.54) is 12.8 Å². The number of aliphatic imine (C=N–C) groups is 1. The molecule has 8 heteroatoms. The van der Waals surface area contributed by atoms with Crippen LogP contribution >= 0.6 is 24.0 Å². The highest BCUT2D eigenvalue weighted by molar-refractivity contribution is 14.0. The fourth-order valence-corrected chi connectivity index (χ4v) is 4.20. The van der Waals surface area contributed by atoms with Gasteiger partial charge in [0.1, 0.15) is 5.82 Å². The average molecular weight is 545 g/mol. The summed E-state index contributed by atoms with van der Waals surface area (Å²) < 4.78 is 13.7. The van der Waals surface area contributed by atoms with Gasteiger partial charge in [0, 0.05) is 51.7 Å². The normalized spacial score (nSPS) is 18.0. The van der Waals surface area contributed by atoms with Gasteiger partial charge in [-0.15, -0.1) is 24.0 Å². The number of guanidine groups is 1. The van der Waals surface area contributed by atoms with Crippen LogP contribution in [-0.2, 0) is 11.3 Å². The number of hydrogen-bond acceptors (Lipinski definition) is 3. The number of amides is 1. The van der Waals surface area contributed by atoms with E-state index in [4.69, 9.17) is 0 Å². The molecule has 2 aliphatic rings. The molecule has 3 rings (SSSR count). The van der Waals surface area contributed by atoms with Crippen molar-refractivity contribution >= 4 is 35.8 Å². The topological polar surface area (TPSA) is 60.0 Å². The minimum atomic E-state index is -0.189. The Labute approximate surface area is 203 Å². The Bertz CT molecular complexity index is 731. The summed E-state index contributed by atoms with van der Waals surface area (Å²) in [7, 11) is 0. The summed E-state index contributed by atoms with van der Waals surface area (Å²) in [6, 6.07) is 5.25. The quantitative estimate of drug-likeness (QED) is 0.314. The van der Waals surface area contributed by atoms with Gasteiger partial charge in [-0.2, -0.15) is 0 Å². The largest absolute Gasteiger partial charge is 0.357 e. The molecule has 0 atom stereocenters. The summed E-state index contributed by atoms with van der Waals surface area (Å²) in [5.74, 6) is 1.21. The van der Waals surface area contributed by atoms with Crippen LogP contribution < -0.4 is 10.6 Å². The number of rotatable bonds is 7. The molecule has 1 amide bonds. The van der Waals surface area contributed by atoms with Crippen molar-refractivity contribution in [2.45, 2.75) is 46.1 Å². The van der Waals surface area contributed by atoms with Crippen LogP contribution in [0.1, 0.15) is 43.7 Å². The van der Waals surface area contributed by atoms with E-state index in [2.05, 4.69) is 25.4 Å². The lowest BCUT2D eigenvalue weighted by molar-refractivity contribution is -0.137. The van der Waals surface area contributed by atoms with E-state index in [0.29, 0.717) is 18.0 Å². The third kappa shape index (κ3) is 7.89. The highest BCUT2D eigenvalue weighted by atomic mass is 127. The predicted molar refractivity (Wildman–Crippen MR) is 134 cm³/mol. The van der Waals surface area contributed by atoms with E-state index in [-0.39, 0.29) is 35.7 Å². The second-order valence-corrected chi connectivity index (χ2v) is 8.35. The first-order chi connectivity index (χ1) is 14.6. The number of piperazine rings is 1. The zero-order valence-electron chi connectivity index (χ0n) is 18.8. The predicted octanol–water partition coefficient (Wildman–Crippen LogP) is 3.14. The van der Waals surface area contributed by atoms with Crippen LogP contribution in [0.15, 0.2) is 23.2 Å². The molecule has 1 saturated carbocycles. The molecule has 31 heavy (non-hydrogen) atoms. The Morgan fingerprint density at radius 2 is 1.87 bits per heavy atom. The van der Waals surface area contributed by atoms with Crippen molar-refractivity contribution in [1.82, 2.24) is 20.4 Å². The average Bonchev–Trinajstić information content (AvgIpc) is 3.29. The van der Waals surface area contributed by atoms with Crippen LogP contribution in [0.4, 0.5) is 4.39 Å². The number of carbonyl (C=O) groups is 1. The van der Waals surface area contributed by atoms with E-state index in [0.717, 1.165) is 70.2 Å². The lowest BCUT2D eigenvalue weighted by Gasteiger charge is -2.36. The fourth-order valence-electron chi connectivity index (χ4n) is 4.20. The SMILES string of the molecule is CCNC(=NCc1ccc(C)c(F)c1)NCCN1CCN(C(=O)C2CCCC2)CC1.I.